The van der Waals surface area contributed by atoms with Gasteiger partial charge in [0.05, 0.1) is 5.69 Å². The summed E-state index contributed by atoms with van der Waals surface area (Å²) in [4.78, 5) is 24.9. The number of aromatic nitrogens is 1. The number of thiophene rings is 1. The van der Waals surface area contributed by atoms with E-state index in [9.17, 15) is 18.4 Å². The van der Waals surface area contributed by atoms with Crippen LogP contribution in [-0.4, -0.2) is 23.8 Å². The Kier molecular flexibility index (Phi) is 2.28. The lowest BCUT2D eigenvalue weighted by molar-refractivity contribution is -0.0371. The fourth-order valence-corrected chi connectivity index (χ4v) is 2.98. The number of hydrogen-bond acceptors (Lipinski definition) is 4. The van der Waals surface area contributed by atoms with Crippen LogP contribution < -0.4 is 10.3 Å². The second-order valence-corrected chi connectivity index (χ2v) is 4.97. The molecule has 0 saturated heterocycles. The minimum absolute atomic E-state index is 0.0997. The lowest BCUT2D eigenvalue weighted by Crippen LogP contribution is -2.27. The third-order valence-corrected chi connectivity index (χ3v) is 3.79. The summed E-state index contributed by atoms with van der Waals surface area (Å²) in [5, 5.41) is 1.85. The first-order valence-corrected chi connectivity index (χ1v) is 6.02. The zero-order valence-corrected chi connectivity index (χ0v) is 9.77. The van der Waals surface area contributed by atoms with E-state index in [-0.39, 0.29) is 17.0 Å². The van der Waals surface area contributed by atoms with Crippen molar-refractivity contribution >= 4 is 27.7 Å². The molecule has 1 N–H and O–H groups in total. The van der Waals surface area contributed by atoms with E-state index in [1.807, 2.05) is 0 Å². The third-order valence-electron chi connectivity index (χ3n) is 2.83. The smallest absolute Gasteiger partial charge is 0.285 e. The number of pyridine rings is 1. The summed E-state index contributed by atoms with van der Waals surface area (Å²) in [7, 11) is 0. The number of hydrogen-bond donors (Lipinski definition) is 1. The maximum atomic E-state index is 13.5. The van der Waals surface area contributed by atoms with Crippen molar-refractivity contribution in [2.45, 2.75) is 12.3 Å². The van der Waals surface area contributed by atoms with Crippen molar-refractivity contribution in [1.82, 2.24) is 4.98 Å². The summed E-state index contributed by atoms with van der Waals surface area (Å²) in [5.41, 5.74) is -0.406. The molecule has 3 heterocycles. The van der Waals surface area contributed by atoms with E-state index in [2.05, 4.69) is 4.98 Å². The van der Waals surface area contributed by atoms with E-state index in [0.717, 1.165) is 11.3 Å². The second kappa shape index (κ2) is 3.61. The number of H-pyrrole nitrogens is 1. The topological polar surface area (TPSA) is 59.2 Å². The maximum absolute atomic E-state index is 13.5. The molecule has 0 radical (unpaired) electrons. The van der Waals surface area contributed by atoms with Crippen LogP contribution in [0.25, 0.3) is 10.1 Å². The van der Waals surface area contributed by atoms with Gasteiger partial charge in [-0.2, -0.15) is 0 Å². The molecular weight excluding hydrogens is 264 g/mol. The molecule has 2 aromatic rings. The first-order valence-electron chi connectivity index (χ1n) is 5.14. The van der Waals surface area contributed by atoms with Crippen molar-refractivity contribution < 1.29 is 18.3 Å². The molecule has 3 rings (SSSR count). The van der Waals surface area contributed by atoms with E-state index in [1.54, 1.807) is 0 Å². The van der Waals surface area contributed by atoms with Crippen LogP contribution in [0.5, 0.6) is 5.75 Å². The number of rotatable bonds is 1. The van der Waals surface area contributed by atoms with Crippen molar-refractivity contribution in [2.75, 3.05) is 6.61 Å². The lowest BCUT2D eigenvalue weighted by Gasteiger charge is -2.13. The van der Waals surface area contributed by atoms with E-state index in [4.69, 9.17) is 4.74 Å². The predicted molar refractivity (Wildman–Crippen MR) is 62.0 cm³/mol. The number of alkyl halides is 2. The Bertz CT molecular complexity index is 704. The van der Waals surface area contributed by atoms with Gasteiger partial charge in [0, 0.05) is 17.2 Å². The second-order valence-electron chi connectivity index (χ2n) is 4.09. The van der Waals surface area contributed by atoms with Gasteiger partial charge in [0.25, 0.3) is 11.5 Å². The molecular formula is C11H7F2NO3S. The molecule has 2 aromatic heterocycles. The third kappa shape index (κ3) is 1.54. The Hall–Kier alpha value is -1.76. The average Bonchev–Trinajstić information content (AvgIpc) is 2.69. The normalized spacial score (nSPS) is 17.2. The maximum Gasteiger partial charge on any atom is 0.285 e. The highest BCUT2D eigenvalue weighted by molar-refractivity contribution is 7.17. The molecule has 18 heavy (non-hydrogen) atoms. The SMILES string of the molecule is O=Cc1[nH]c(=O)c2scc3c2c1CC(F)(F)CO3. The quantitative estimate of drug-likeness (QED) is 0.807. The summed E-state index contributed by atoms with van der Waals surface area (Å²) in [5.74, 6) is -2.81. The standard InChI is InChI=1S/C11H7F2NO3S/c12-11(13)1-5-6(2-15)14-10(16)9-8(5)7(3-18-9)17-4-11/h2-3H,1,4H2,(H,14,16). The fraction of sp³-hybridized carbons (Fsp3) is 0.273. The lowest BCUT2D eigenvalue weighted by atomic mass is 10.0. The average molecular weight is 271 g/mol. The van der Waals surface area contributed by atoms with Crippen LogP contribution in [0.4, 0.5) is 8.78 Å². The largest absolute Gasteiger partial charge is 0.486 e. The van der Waals surface area contributed by atoms with Crippen LogP contribution in [0.2, 0.25) is 0 Å². The van der Waals surface area contributed by atoms with Crippen molar-refractivity contribution in [3.05, 3.63) is 27.0 Å². The fourth-order valence-electron chi connectivity index (χ4n) is 2.07. The molecule has 0 unspecified atom stereocenters. The minimum Gasteiger partial charge on any atom is -0.486 e. The number of ether oxygens (including phenoxy) is 1. The molecule has 0 aromatic carbocycles. The van der Waals surface area contributed by atoms with E-state index in [0.29, 0.717) is 16.4 Å². The summed E-state index contributed by atoms with van der Waals surface area (Å²) < 4.78 is 32.4. The number of nitrogens with one attached hydrogen (secondary N) is 1. The highest BCUT2D eigenvalue weighted by atomic mass is 32.1. The summed E-state index contributed by atoms with van der Waals surface area (Å²) in [6.45, 7) is -0.750. The molecule has 0 aliphatic carbocycles. The number of aldehydes is 1. The van der Waals surface area contributed by atoms with Gasteiger partial charge in [-0.3, -0.25) is 9.59 Å². The zero-order valence-electron chi connectivity index (χ0n) is 8.96. The van der Waals surface area contributed by atoms with E-state index >= 15 is 0 Å². The summed E-state index contributed by atoms with van der Waals surface area (Å²) in [6.07, 6.45) is -0.225. The molecule has 94 valence electrons. The Morgan fingerprint density at radius 2 is 2.28 bits per heavy atom. The first kappa shape index (κ1) is 11.3. The number of carbonyl (C=O) groups is 1. The molecule has 0 bridgehead atoms. The van der Waals surface area contributed by atoms with Crippen molar-refractivity contribution in [3.8, 4) is 5.75 Å². The monoisotopic (exact) mass is 271 g/mol. The van der Waals surface area contributed by atoms with Gasteiger partial charge in [0.2, 0.25) is 0 Å². The van der Waals surface area contributed by atoms with Crippen LogP contribution in [0.1, 0.15) is 16.1 Å². The number of aromatic amines is 1. The van der Waals surface area contributed by atoms with Crippen molar-refractivity contribution in [2.24, 2.45) is 0 Å². The van der Waals surface area contributed by atoms with Gasteiger partial charge in [-0.25, -0.2) is 8.78 Å². The van der Waals surface area contributed by atoms with Gasteiger partial charge < -0.3 is 9.72 Å². The first-order chi connectivity index (χ1) is 8.52. The molecule has 1 aliphatic heterocycles. The van der Waals surface area contributed by atoms with Crippen LogP contribution in [0.15, 0.2) is 10.2 Å². The van der Waals surface area contributed by atoms with Gasteiger partial charge in [-0.15, -0.1) is 11.3 Å². The molecule has 7 heteroatoms. The molecule has 0 spiro atoms. The molecule has 0 atom stereocenters. The zero-order chi connectivity index (χ0) is 12.9. The minimum atomic E-state index is -3.06. The van der Waals surface area contributed by atoms with E-state index < -0.39 is 24.5 Å². The number of carbonyl (C=O) groups excluding carboxylic acids is 1. The van der Waals surface area contributed by atoms with Crippen molar-refractivity contribution in [3.63, 3.8) is 0 Å². The van der Waals surface area contributed by atoms with Gasteiger partial charge in [0.15, 0.2) is 12.9 Å². The van der Waals surface area contributed by atoms with E-state index in [1.165, 1.54) is 5.38 Å². The van der Waals surface area contributed by atoms with Crippen LogP contribution >= 0.6 is 11.3 Å². The van der Waals surface area contributed by atoms with Gasteiger partial charge in [-0.1, -0.05) is 0 Å². The Morgan fingerprint density at radius 3 is 3.00 bits per heavy atom. The Morgan fingerprint density at radius 1 is 1.50 bits per heavy atom. The van der Waals surface area contributed by atoms with Gasteiger partial charge in [-0.05, 0) is 5.56 Å². The highest BCUT2D eigenvalue weighted by Crippen LogP contribution is 2.39. The molecule has 0 amide bonds. The van der Waals surface area contributed by atoms with Crippen LogP contribution in [0.3, 0.4) is 0 Å². The van der Waals surface area contributed by atoms with Crippen LogP contribution in [0, 0.1) is 0 Å². The summed E-state index contributed by atoms with van der Waals surface area (Å²) >= 11 is 1.12. The highest BCUT2D eigenvalue weighted by Gasteiger charge is 2.36. The molecule has 1 aliphatic rings. The molecule has 0 fully saturated rings. The predicted octanol–water partition coefficient (Wildman–Crippen LogP) is 1.97. The molecule has 4 nitrogen and oxygen atoms in total. The van der Waals surface area contributed by atoms with Crippen molar-refractivity contribution in [1.29, 1.82) is 0 Å². The number of halogens is 2. The Balaban J connectivity index is 2.42. The molecule has 0 saturated carbocycles. The Labute approximate surface area is 103 Å². The van der Waals surface area contributed by atoms with Gasteiger partial charge in [0.1, 0.15) is 10.4 Å². The summed E-state index contributed by atoms with van der Waals surface area (Å²) in [6, 6.07) is 0. The van der Waals surface area contributed by atoms with Crippen LogP contribution in [-0.2, 0) is 6.42 Å². The van der Waals surface area contributed by atoms with Gasteiger partial charge >= 0.3 is 0 Å².